The van der Waals surface area contributed by atoms with Gasteiger partial charge in [-0.2, -0.15) is 0 Å². The molecule has 4 rings (SSSR count). The largest absolute Gasteiger partial charge is 0.375 e. The first kappa shape index (κ1) is 23.5. The molecule has 0 aliphatic carbocycles. The molecule has 34 heavy (non-hydrogen) atoms. The number of benzene rings is 2. The zero-order valence-electron chi connectivity index (χ0n) is 19.0. The van der Waals surface area contributed by atoms with Crippen LogP contribution in [0, 0.1) is 12.7 Å². The first-order valence-corrected chi connectivity index (χ1v) is 11.5. The fourth-order valence-electron chi connectivity index (χ4n) is 3.62. The number of nitrogens with zero attached hydrogens (tertiary/aromatic N) is 3. The van der Waals surface area contributed by atoms with Gasteiger partial charge in [0, 0.05) is 24.7 Å². The first-order valence-electron chi connectivity index (χ1n) is 10.6. The minimum Gasteiger partial charge on any atom is -0.375 e. The molecule has 2 aromatic carbocycles. The molecule has 1 atom stereocenters. The molecule has 2 aromatic heterocycles. The molecule has 8 nitrogen and oxygen atoms in total. The zero-order chi connectivity index (χ0) is 24.2. The van der Waals surface area contributed by atoms with Crippen molar-refractivity contribution < 1.29 is 18.7 Å². The molecule has 0 fully saturated rings. The fourth-order valence-corrected chi connectivity index (χ4v) is 4.32. The number of carbonyl (C=O) groups is 2. The minimum atomic E-state index is -0.342. The number of methoxy groups -OCH3 is 1. The predicted molar refractivity (Wildman–Crippen MR) is 128 cm³/mol. The van der Waals surface area contributed by atoms with Crippen molar-refractivity contribution in [2.24, 2.45) is 0 Å². The molecule has 2 amide bonds. The Labute approximate surface area is 199 Å². The second-order valence-electron chi connectivity index (χ2n) is 7.86. The Bertz CT molecular complexity index is 1330. The number of rotatable bonds is 8. The van der Waals surface area contributed by atoms with Gasteiger partial charge < -0.3 is 19.9 Å². The minimum absolute atomic E-state index is 0.112. The monoisotopic (exact) mass is 481 g/mol. The van der Waals surface area contributed by atoms with E-state index in [9.17, 15) is 14.0 Å². The Morgan fingerprint density at radius 2 is 2.00 bits per heavy atom. The summed E-state index contributed by atoms with van der Waals surface area (Å²) in [5, 5.41) is 8.56. The van der Waals surface area contributed by atoms with Crippen molar-refractivity contribution in [3.63, 3.8) is 0 Å². The molecule has 0 saturated heterocycles. The van der Waals surface area contributed by atoms with Gasteiger partial charge in [-0.15, -0.1) is 11.3 Å². The van der Waals surface area contributed by atoms with Gasteiger partial charge in [-0.3, -0.25) is 9.59 Å². The fraction of sp³-hybridized carbons (Fsp3) is 0.250. The van der Waals surface area contributed by atoms with Crippen LogP contribution in [-0.4, -0.2) is 40.1 Å². The molecular weight excluding hydrogens is 457 g/mol. The highest BCUT2D eigenvalue weighted by Gasteiger charge is 2.20. The number of hydrogen-bond donors (Lipinski definition) is 2. The van der Waals surface area contributed by atoms with Crippen LogP contribution in [0.15, 0.2) is 48.1 Å². The summed E-state index contributed by atoms with van der Waals surface area (Å²) < 4.78 is 20.0. The van der Waals surface area contributed by atoms with E-state index in [1.807, 2.05) is 23.8 Å². The second-order valence-corrected chi connectivity index (χ2v) is 8.92. The molecule has 0 unspecified atom stereocenters. The van der Waals surface area contributed by atoms with E-state index in [0.717, 1.165) is 16.3 Å². The third-order valence-corrected chi connectivity index (χ3v) is 6.00. The summed E-state index contributed by atoms with van der Waals surface area (Å²) in [5.41, 5.74) is 3.56. The van der Waals surface area contributed by atoms with Crippen LogP contribution in [0.1, 0.15) is 39.6 Å². The number of aromatic nitrogens is 3. The van der Waals surface area contributed by atoms with E-state index in [0.29, 0.717) is 28.8 Å². The Morgan fingerprint density at radius 3 is 2.68 bits per heavy atom. The number of fused-ring (bicyclic) bond motifs is 1. The van der Waals surface area contributed by atoms with Crippen molar-refractivity contribution in [1.82, 2.24) is 19.9 Å². The van der Waals surface area contributed by atoms with Gasteiger partial charge in [0.1, 0.15) is 12.4 Å². The first-order chi connectivity index (χ1) is 16.3. The van der Waals surface area contributed by atoms with Gasteiger partial charge >= 0.3 is 0 Å². The van der Waals surface area contributed by atoms with Gasteiger partial charge in [0.05, 0.1) is 39.7 Å². The molecule has 176 valence electrons. The predicted octanol–water partition coefficient (Wildman–Crippen LogP) is 4.06. The van der Waals surface area contributed by atoms with Crippen molar-refractivity contribution in [2.45, 2.75) is 26.4 Å². The molecule has 10 heteroatoms. The Hall–Kier alpha value is -3.63. The maximum atomic E-state index is 13.4. The van der Waals surface area contributed by atoms with Crippen molar-refractivity contribution in [2.75, 3.05) is 19.0 Å². The highest BCUT2D eigenvalue weighted by atomic mass is 32.1. The van der Waals surface area contributed by atoms with E-state index in [-0.39, 0.29) is 30.3 Å². The van der Waals surface area contributed by atoms with E-state index < -0.39 is 0 Å². The van der Waals surface area contributed by atoms with Gasteiger partial charge in [0.25, 0.3) is 5.91 Å². The Balaban J connectivity index is 1.71. The average Bonchev–Trinajstić information content (AvgIpc) is 3.41. The van der Waals surface area contributed by atoms with E-state index in [1.165, 1.54) is 30.6 Å². The van der Waals surface area contributed by atoms with Crippen LogP contribution in [0.3, 0.4) is 0 Å². The lowest BCUT2D eigenvalue weighted by Crippen LogP contribution is -2.27. The summed E-state index contributed by atoms with van der Waals surface area (Å²) in [5.74, 6) is -0.987. The van der Waals surface area contributed by atoms with Crippen molar-refractivity contribution in [1.29, 1.82) is 0 Å². The number of nitrogens with one attached hydrogen (secondary N) is 2. The number of amides is 2. The van der Waals surface area contributed by atoms with Crippen molar-refractivity contribution >= 4 is 39.9 Å². The molecule has 0 bridgehead atoms. The van der Waals surface area contributed by atoms with Gasteiger partial charge in [0.15, 0.2) is 0 Å². The molecule has 0 saturated carbocycles. The molecule has 0 aliphatic heterocycles. The summed E-state index contributed by atoms with van der Waals surface area (Å²) in [6.07, 6.45) is 1.62. The normalized spacial score (nSPS) is 12.0. The van der Waals surface area contributed by atoms with E-state index in [1.54, 1.807) is 30.6 Å². The number of ether oxygens (including phenoxy) is 1. The third-order valence-electron chi connectivity index (χ3n) is 5.21. The SMILES string of the molecule is COCC(=O)Nc1cc(C(=O)N[C@H](C)c2csc(C)n2)c2c(c1)ncn2Cc1ccc(F)cc1. The summed E-state index contributed by atoms with van der Waals surface area (Å²) in [6.45, 7) is 4.06. The number of anilines is 1. The topological polar surface area (TPSA) is 98.1 Å². The van der Waals surface area contributed by atoms with Crippen LogP contribution in [-0.2, 0) is 16.1 Å². The van der Waals surface area contributed by atoms with Gasteiger partial charge in [-0.25, -0.2) is 14.4 Å². The highest BCUT2D eigenvalue weighted by molar-refractivity contribution is 7.09. The maximum absolute atomic E-state index is 13.4. The quantitative estimate of drug-likeness (QED) is 0.395. The number of hydrogen-bond acceptors (Lipinski definition) is 6. The lowest BCUT2D eigenvalue weighted by Gasteiger charge is -2.15. The zero-order valence-corrected chi connectivity index (χ0v) is 19.8. The highest BCUT2D eigenvalue weighted by Crippen LogP contribution is 2.26. The maximum Gasteiger partial charge on any atom is 0.254 e. The average molecular weight is 482 g/mol. The molecule has 2 N–H and O–H groups in total. The summed E-state index contributed by atoms with van der Waals surface area (Å²) in [6, 6.07) is 9.17. The smallest absolute Gasteiger partial charge is 0.254 e. The van der Waals surface area contributed by atoms with Crippen LogP contribution < -0.4 is 10.6 Å². The van der Waals surface area contributed by atoms with E-state index >= 15 is 0 Å². The van der Waals surface area contributed by atoms with Crippen molar-refractivity contribution in [3.05, 3.63) is 75.8 Å². The van der Waals surface area contributed by atoms with Crippen LogP contribution >= 0.6 is 11.3 Å². The number of imidazole rings is 1. The van der Waals surface area contributed by atoms with Gasteiger partial charge in [-0.1, -0.05) is 12.1 Å². The summed E-state index contributed by atoms with van der Waals surface area (Å²) in [7, 11) is 1.43. The molecular formula is C24H24FN5O3S. The lowest BCUT2D eigenvalue weighted by molar-refractivity contribution is -0.119. The van der Waals surface area contributed by atoms with Crippen LogP contribution in [0.5, 0.6) is 0 Å². The molecule has 4 aromatic rings. The molecule has 0 spiro atoms. The summed E-state index contributed by atoms with van der Waals surface area (Å²) >= 11 is 1.52. The Kier molecular flexibility index (Phi) is 6.99. The Morgan fingerprint density at radius 1 is 1.24 bits per heavy atom. The standard InChI is InChI=1S/C24H24FN5O3S/c1-14(21-12-34-15(2)28-21)27-24(32)19-8-18(29-22(31)11-33-3)9-20-23(19)30(13-26-20)10-16-4-6-17(25)7-5-16/h4-9,12-14H,10-11H2,1-3H3,(H,27,32)(H,29,31)/t14-/m1/s1. The van der Waals surface area contributed by atoms with Crippen LogP contribution in [0.2, 0.25) is 0 Å². The second kappa shape index (κ2) is 10.1. The number of halogens is 1. The van der Waals surface area contributed by atoms with Gasteiger partial charge in [0.2, 0.25) is 5.91 Å². The van der Waals surface area contributed by atoms with E-state index in [4.69, 9.17) is 4.74 Å². The van der Waals surface area contributed by atoms with Gasteiger partial charge in [-0.05, 0) is 43.7 Å². The third kappa shape index (κ3) is 5.29. The molecule has 0 radical (unpaired) electrons. The lowest BCUT2D eigenvalue weighted by atomic mass is 10.1. The molecule has 2 heterocycles. The number of aryl methyl sites for hydroxylation is 1. The molecule has 0 aliphatic rings. The van der Waals surface area contributed by atoms with Crippen LogP contribution in [0.4, 0.5) is 10.1 Å². The van der Waals surface area contributed by atoms with E-state index in [2.05, 4.69) is 20.6 Å². The summed E-state index contributed by atoms with van der Waals surface area (Å²) in [4.78, 5) is 34.4. The number of thiazole rings is 1. The van der Waals surface area contributed by atoms with Crippen molar-refractivity contribution in [3.8, 4) is 0 Å². The van der Waals surface area contributed by atoms with Crippen LogP contribution in [0.25, 0.3) is 11.0 Å². The number of carbonyl (C=O) groups excluding carboxylic acids is 2.